The molecule has 0 saturated heterocycles. The molecule has 0 spiro atoms. The molecule has 1 N–H and O–H groups in total. The molecule has 3 heteroatoms. The summed E-state index contributed by atoms with van der Waals surface area (Å²) < 4.78 is 2.44. The average Bonchev–Trinajstić information content (AvgIpc) is 3.09. The first kappa shape index (κ1) is 11.7. The number of rotatable bonds is 4. The number of nitrogens with zero attached hydrogens (tertiary/aromatic N) is 2. The highest BCUT2D eigenvalue weighted by Gasteiger charge is 2.33. The van der Waals surface area contributed by atoms with Crippen molar-refractivity contribution in [2.75, 3.05) is 6.54 Å². The van der Waals surface area contributed by atoms with Gasteiger partial charge in [-0.15, -0.1) is 0 Å². The Hall–Kier alpha value is -1.35. The van der Waals surface area contributed by atoms with Crippen molar-refractivity contribution >= 4 is 11.0 Å². The van der Waals surface area contributed by atoms with Gasteiger partial charge in [0.1, 0.15) is 5.82 Å². The summed E-state index contributed by atoms with van der Waals surface area (Å²) in [6.45, 7) is 7.54. The maximum atomic E-state index is 4.86. The largest absolute Gasteiger partial charge is 0.323 e. The molecule has 0 atom stereocenters. The van der Waals surface area contributed by atoms with E-state index in [1.54, 1.807) is 0 Å². The number of aromatic nitrogens is 2. The Kier molecular flexibility index (Phi) is 2.67. The van der Waals surface area contributed by atoms with Gasteiger partial charge in [-0.2, -0.15) is 0 Å². The lowest BCUT2D eigenvalue weighted by atomic mass is 10.0. The second-order valence-electron chi connectivity index (χ2n) is 5.68. The molecule has 0 unspecified atom stereocenters. The number of para-hydroxylation sites is 2. The predicted octanol–water partition coefficient (Wildman–Crippen LogP) is 3.22. The van der Waals surface area contributed by atoms with E-state index in [4.69, 9.17) is 4.98 Å². The topological polar surface area (TPSA) is 29.9 Å². The SMILES string of the molecule is CCNC(C)(C)c1nc2ccccc2n1C1CC1. The second-order valence-corrected chi connectivity index (χ2v) is 5.68. The van der Waals surface area contributed by atoms with Gasteiger partial charge in [-0.1, -0.05) is 19.1 Å². The van der Waals surface area contributed by atoms with E-state index in [2.05, 4.69) is 54.9 Å². The zero-order valence-corrected chi connectivity index (χ0v) is 11.4. The van der Waals surface area contributed by atoms with E-state index in [-0.39, 0.29) is 5.54 Å². The van der Waals surface area contributed by atoms with E-state index in [1.165, 1.54) is 24.2 Å². The molecule has 0 bridgehead atoms. The van der Waals surface area contributed by atoms with Crippen LogP contribution in [0.25, 0.3) is 11.0 Å². The van der Waals surface area contributed by atoms with Crippen LogP contribution >= 0.6 is 0 Å². The molecule has 1 fully saturated rings. The van der Waals surface area contributed by atoms with Crippen molar-refractivity contribution in [2.45, 2.75) is 45.2 Å². The molecule has 3 rings (SSSR count). The molecule has 1 saturated carbocycles. The van der Waals surface area contributed by atoms with Gasteiger partial charge in [0.05, 0.1) is 16.6 Å². The van der Waals surface area contributed by atoms with Gasteiger partial charge in [0.2, 0.25) is 0 Å². The van der Waals surface area contributed by atoms with E-state index < -0.39 is 0 Å². The van der Waals surface area contributed by atoms with Gasteiger partial charge in [0, 0.05) is 6.04 Å². The number of hydrogen-bond acceptors (Lipinski definition) is 2. The molecule has 18 heavy (non-hydrogen) atoms. The van der Waals surface area contributed by atoms with E-state index in [9.17, 15) is 0 Å². The molecule has 0 radical (unpaired) electrons. The Morgan fingerprint density at radius 1 is 1.33 bits per heavy atom. The first-order chi connectivity index (χ1) is 8.63. The van der Waals surface area contributed by atoms with Crippen molar-refractivity contribution in [3.63, 3.8) is 0 Å². The van der Waals surface area contributed by atoms with Crippen molar-refractivity contribution < 1.29 is 0 Å². The Morgan fingerprint density at radius 3 is 2.72 bits per heavy atom. The van der Waals surface area contributed by atoms with Gasteiger partial charge in [-0.25, -0.2) is 4.98 Å². The molecular formula is C15H21N3. The highest BCUT2D eigenvalue weighted by atomic mass is 15.2. The number of benzene rings is 1. The minimum atomic E-state index is -0.0731. The van der Waals surface area contributed by atoms with Crippen LogP contribution in [0.2, 0.25) is 0 Å². The fourth-order valence-electron chi connectivity index (χ4n) is 2.71. The molecule has 2 aromatic rings. The van der Waals surface area contributed by atoms with Crippen LogP contribution in [-0.4, -0.2) is 16.1 Å². The minimum Gasteiger partial charge on any atom is -0.323 e. The molecule has 0 amide bonds. The second kappa shape index (κ2) is 4.09. The first-order valence-corrected chi connectivity index (χ1v) is 6.86. The lowest BCUT2D eigenvalue weighted by molar-refractivity contribution is 0.376. The Morgan fingerprint density at radius 2 is 2.06 bits per heavy atom. The Bertz CT molecular complexity index is 564. The summed E-state index contributed by atoms with van der Waals surface area (Å²) in [6, 6.07) is 9.13. The molecule has 96 valence electrons. The van der Waals surface area contributed by atoms with Crippen LogP contribution in [0.15, 0.2) is 24.3 Å². The van der Waals surface area contributed by atoms with Crippen LogP contribution in [0.4, 0.5) is 0 Å². The van der Waals surface area contributed by atoms with Crippen LogP contribution in [0, 0.1) is 0 Å². The predicted molar refractivity (Wildman–Crippen MR) is 74.7 cm³/mol. The van der Waals surface area contributed by atoms with Gasteiger partial charge in [0.25, 0.3) is 0 Å². The van der Waals surface area contributed by atoms with E-state index >= 15 is 0 Å². The quantitative estimate of drug-likeness (QED) is 0.893. The summed E-state index contributed by atoms with van der Waals surface area (Å²) in [5.74, 6) is 1.17. The van der Waals surface area contributed by atoms with Crippen molar-refractivity contribution in [3.05, 3.63) is 30.1 Å². The van der Waals surface area contributed by atoms with Crippen molar-refractivity contribution in [1.29, 1.82) is 0 Å². The molecule has 1 aromatic heterocycles. The minimum absolute atomic E-state index is 0.0731. The lowest BCUT2D eigenvalue weighted by Crippen LogP contribution is -2.38. The summed E-state index contributed by atoms with van der Waals surface area (Å²) in [7, 11) is 0. The van der Waals surface area contributed by atoms with Crippen LogP contribution in [0.5, 0.6) is 0 Å². The lowest BCUT2D eigenvalue weighted by Gasteiger charge is -2.26. The van der Waals surface area contributed by atoms with Crippen LogP contribution in [0.3, 0.4) is 0 Å². The zero-order valence-electron chi connectivity index (χ0n) is 11.4. The third-order valence-electron chi connectivity index (χ3n) is 3.69. The third kappa shape index (κ3) is 1.83. The van der Waals surface area contributed by atoms with Crippen LogP contribution in [0.1, 0.15) is 45.5 Å². The first-order valence-electron chi connectivity index (χ1n) is 6.86. The summed E-state index contributed by atoms with van der Waals surface area (Å²) in [5.41, 5.74) is 2.32. The molecule has 3 nitrogen and oxygen atoms in total. The van der Waals surface area contributed by atoms with Crippen LogP contribution in [-0.2, 0) is 5.54 Å². The molecule has 1 heterocycles. The summed E-state index contributed by atoms with van der Waals surface area (Å²) >= 11 is 0. The van der Waals surface area contributed by atoms with Crippen molar-refractivity contribution in [3.8, 4) is 0 Å². The van der Waals surface area contributed by atoms with Gasteiger partial charge < -0.3 is 9.88 Å². The van der Waals surface area contributed by atoms with Gasteiger partial charge in [0.15, 0.2) is 0 Å². The van der Waals surface area contributed by atoms with Gasteiger partial charge in [-0.05, 0) is 45.4 Å². The maximum absolute atomic E-state index is 4.86. The molecule has 0 aliphatic heterocycles. The van der Waals surface area contributed by atoms with E-state index in [1.807, 2.05) is 0 Å². The average molecular weight is 243 g/mol. The fourth-order valence-corrected chi connectivity index (χ4v) is 2.71. The van der Waals surface area contributed by atoms with Gasteiger partial charge in [-0.3, -0.25) is 0 Å². The number of hydrogen-bond donors (Lipinski definition) is 1. The molecular weight excluding hydrogens is 222 g/mol. The smallest absolute Gasteiger partial charge is 0.129 e. The van der Waals surface area contributed by atoms with E-state index in [0.29, 0.717) is 6.04 Å². The highest BCUT2D eigenvalue weighted by molar-refractivity contribution is 5.76. The monoisotopic (exact) mass is 243 g/mol. The Labute approximate surface area is 108 Å². The number of nitrogens with one attached hydrogen (secondary N) is 1. The van der Waals surface area contributed by atoms with Crippen LogP contribution < -0.4 is 5.32 Å². The normalized spacial score (nSPS) is 16.4. The van der Waals surface area contributed by atoms with Gasteiger partial charge >= 0.3 is 0 Å². The summed E-state index contributed by atoms with van der Waals surface area (Å²) in [6.07, 6.45) is 2.57. The van der Waals surface area contributed by atoms with E-state index in [0.717, 1.165) is 12.1 Å². The zero-order chi connectivity index (χ0) is 12.8. The fraction of sp³-hybridized carbons (Fsp3) is 0.533. The van der Waals surface area contributed by atoms with Crippen molar-refractivity contribution in [1.82, 2.24) is 14.9 Å². The maximum Gasteiger partial charge on any atom is 0.129 e. The molecule has 1 aromatic carbocycles. The number of fused-ring (bicyclic) bond motifs is 1. The Balaban J connectivity index is 2.18. The molecule has 1 aliphatic carbocycles. The summed E-state index contributed by atoms with van der Waals surface area (Å²) in [5, 5.41) is 3.54. The third-order valence-corrected chi connectivity index (χ3v) is 3.69. The highest BCUT2D eigenvalue weighted by Crippen LogP contribution is 2.40. The number of imidazole rings is 1. The standard InChI is InChI=1S/C15H21N3/c1-4-16-15(2,3)14-17-12-7-5-6-8-13(12)18(14)11-9-10-11/h5-8,11,16H,4,9-10H2,1-3H3. The summed E-state index contributed by atoms with van der Waals surface area (Å²) in [4.78, 5) is 4.86. The molecule has 1 aliphatic rings. The van der Waals surface area contributed by atoms with Crippen molar-refractivity contribution in [2.24, 2.45) is 0 Å².